The molecule has 104 valence electrons. The predicted octanol–water partition coefficient (Wildman–Crippen LogP) is 2.26. The molecule has 2 aromatic rings. The Morgan fingerprint density at radius 3 is 3.25 bits per heavy atom. The fraction of sp³-hybridized carbons (Fsp3) is 0.438. The lowest BCUT2D eigenvalue weighted by Gasteiger charge is -2.29. The van der Waals surface area contributed by atoms with Crippen molar-refractivity contribution in [2.45, 2.75) is 32.5 Å². The number of anilines is 1. The van der Waals surface area contributed by atoms with Crippen LogP contribution < -0.4 is 5.32 Å². The van der Waals surface area contributed by atoms with Gasteiger partial charge < -0.3 is 9.88 Å². The van der Waals surface area contributed by atoms with E-state index >= 15 is 0 Å². The summed E-state index contributed by atoms with van der Waals surface area (Å²) in [6, 6.07) is 6.67. The van der Waals surface area contributed by atoms with Gasteiger partial charge in [0.1, 0.15) is 5.82 Å². The average molecular weight is 268 g/mol. The summed E-state index contributed by atoms with van der Waals surface area (Å²) in [4.78, 5) is 6.95. The molecular formula is C16H20N4. The van der Waals surface area contributed by atoms with E-state index in [4.69, 9.17) is 0 Å². The van der Waals surface area contributed by atoms with Crippen LogP contribution >= 0.6 is 0 Å². The molecule has 0 bridgehead atoms. The zero-order valence-corrected chi connectivity index (χ0v) is 11.7. The monoisotopic (exact) mass is 268 g/mol. The fourth-order valence-corrected chi connectivity index (χ4v) is 3.33. The third-order valence-corrected chi connectivity index (χ3v) is 4.41. The predicted molar refractivity (Wildman–Crippen MR) is 79.6 cm³/mol. The van der Waals surface area contributed by atoms with Crippen LogP contribution in [0.25, 0.3) is 0 Å². The lowest BCUT2D eigenvalue weighted by molar-refractivity contribution is 0.208. The number of hydrogen-bond acceptors (Lipinski definition) is 3. The molecule has 20 heavy (non-hydrogen) atoms. The maximum Gasteiger partial charge on any atom is 0.122 e. The zero-order valence-electron chi connectivity index (χ0n) is 11.7. The van der Waals surface area contributed by atoms with Crippen LogP contribution in [0, 0.1) is 0 Å². The van der Waals surface area contributed by atoms with Gasteiger partial charge in [0.25, 0.3) is 0 Å². The van der Waals surface area contributed by atoms with Crippen LogP contribution in [-0.4, -0.2) is 27.5 Å². The first-order valence-corrected chi connectivity index (χ1v) is 7.47. The molecule has 0 saturated carbocycles. The summed E-state index contributed by atoms with van der Waals surface area (Å²) in [5.74, 6) is 1.19. The molecule has 1 aromatic heterocycles. The number of hydrogen-bond donors (Lipinski definition) is 1. The fourth-order valence-electron chi connectivity index (χ4n) is 3.33. The third kappa shape index (κ3) is 2.10. The highest BCUT2D eigenvalue weighted by Crippen LogP contribution is 2.27. The van der Waals surface area contributed by atoms with Crippen LogP contribution in [0.5, 0.6) is 0 Å². The summed E-state index contributed by atoms with van der Waals surface area (Å²) in [7, 11) is 0. The number of fused-ring (bicyclic) bond motifs is 2. The molecule has 2 aliphatic heterocycles. The van der Waals surface area contributed by atoms with Crippen molar-refractivity contribution in [3.8, 4) is 0 Å². The number of imidazole rings is 1. The molecule has 0 spiro atoms. The molecule has 0 unspecified atom stereocenters. The molecule has 4 nitrogen and oxygen atoms in total. The maximum absolute atomic E-state index is 4.45. The molecule has 3 heterocycles. The standard InChI is InChI=1S/C16H20N4/c1-3-13(14-4-2-6-17-15(14)5-1)11-19-9-10-20-8-7-18-16(20)12-19/h1,3,5,7-8,17H,2,4,6,9-12H2. The van der Waals surface area contributed by atoms with E-state index in [-0.39, 0.29) is 0 Å². The number of rotatable bonds is 2. The first kappa shape index (κ1) is 12.0. The Morgan fingerprint density at radius 2 is 2.25 bits per heavy atom. The maximum atomic E-state index is 4.45. The summed E-state index contributed by atoms with van der Waals surface area (Å²) >= 11 is 0. The second-order valence-electron chi connectivity index (χ2n) is 5.72. The van der Waals surface area contributed by atoms with Gasteiger partial charge in [0, 0.05) is 44.3 Å². The molecule has 2 aliphatic rings. The van der Waals surface area contributed by atoms with E-state index in [1.54, 1.807) is 0 Å². The van der Waals surface area contributed by atoms with Crippen LogP contribution in [0.3, 0.4) is 0 Å². The van der Waals surface area contributed by atoms with Crippen molar-refractivity contribution in [1.29, 1.82) is 0 Å². The third-order valence-electron chi connectivity index (χ3n) is 4.41. The molecule has 0 saturated heterocycles. The number of nitrogens with zero attached hydrogens (tertiary/aromatic N) is 3. The van der Waals surface area contributed by atoms with E-state index < -0.39 is 0 Å². The smallest absolute Gasteiger partial charge is 0.122 e. The van der Waals surface area contributed by atoms with Gasteiger partial charge in [-0.05, 0) is 30.0 Å². The van der Waals surface area contributed by atoms with E-state index in [1.807, 2.05) is 6.20 Å². The molecule has 1 N–H and O–H groups in total. The highest BCUT2D eigenvalue weighted by Gasteiger charge is 2.19. The van der Waals surface area contributed by atoms with Gasteiger partial charge in [0.05, 0.1) is 6.54 Å². The minimum Gasteiger partial charge on any atom is -0.385 e. The number of nitrogens with one attached hydrogen (secondary N) is 1. The molecule has 4 heteroatoms. The lowest BCUT2D eigenvalue weighted by Crippen LogP contribution is -2.33. The minimum absolute atomic E-state index is 0.962. The molecular weight excluding hydrogens is 248 g/mol. The van der Waals surface area contributed by atoms with Gasteiger partial charge in [-0.1, -0.05) is 12.1 Å². The minimum atomic E-state index is 0.962. The second-order valence-corrected chi connectivity index (χ2v) is 5.72. The highest BCUT2D eigenvalue weighted by atomic mass is 15.2. The van der Waals surface area contributed by atoms with Gasteiger partial charge in [0.2, 0.25) is 0 Å². The molecule has 1 aromatic carbocycles. The van der Waals surface area contributed by atoms with Crippen LogP contribution in [0.2, 0.25) is 0 Å². The van der Waals surface area contributed by atoms with Crippen LogP contribution in [-0.2, 0) is 26.1 Å². The van der Waals surface area contributed by atoms with Crippen LogP contribution in [0.4, 0.5) is 5.69 Å². The first-order chi connectivity index (χ1) is 9.90. The van der Waals surface area contributed by atoms with Gasteiger partial charge >= 0.3 is 0 Å². The van der Waals surface area contributed by atoms with E-state index in [1.165, 1.54) is 35.5 Å². The van der Waals surface area contributed by atoms with E-state index in [2.05, 4.69) is 44.2 Å². The van der Waals surface area contributed by atoms with Gasteiger partial charge in [-0.25, -0.2) is 4.98 Å². The Morgan fingerprint density at radius 1 is 1.25 bits per heavy atom. The first-order valence-electron chi connectivity index (χ1n) is 7.47. The lowest BCUT2D eigenvalue weighted by atomic mass is 9.97. The Labute approximate surface area is 119 Å². The van der Waals surface area contributed by atoms with E-state index in [0.717, 1.165) is 32.7 Å². The van der Waals surface area contributed by atoms with Crippen molar-refractivity contribution >= 4 is 5.69 Å². The van der Waals surface area contributed by atoms with Crippen LogP contribution in [0.1, 0.15) is 23.4 Å². The Kier molecular flexibility index (Phi) is 2.96. The Hall–Kier alpha value is -1.81. The van der Waals surface area contributed by atoms with Gasteiger partial charge in [-0.2, -0.15) is 0 Å². The summed E-state index contributed by atoms with van der Waals surface area (Å²) in [6.45, 7) is 5.28. The molecule has 0 atom stereocenters. The average Bonchev–Trinajstić information content (AvgIpc) is 2.95. The van der Waals surface area contributed by atoms with Crippen molar-refractivity contribution in [3.63, 3.8) is 0 Å². The quantitative estimate of drug-likeness (QED) is 0.907. The SMILES string of the molecule is c1cc(CN2CCn3ccnc3C2)c2c(c1)NCCC2. The number of aromatic nitrogens is 2. The van der Waals surface area contributed by atoms with Crippen molar-refractivity contribution in [1.82, 2.24) is 14.5 Å². The molecule has 0 amide bonds. The molecule has 0 fully saturated rings. The molecule has 0 aliphatic carbocycles. The largest absolute Gasteiger partial charge is 0.385 e. The van der Waals surface area contributed by atoms with Crippen molar-refractivity contribution in [2.24, 2.45) is 0 Å². The van der Waals surface area contributed by atoms with Crippen molar-refractivity contribution in [3.05, 3.63) is 47.5 Å². The van der Waals surface area contributed by atoms with E-state index in [9.17, 15) is 0 Å². The Bertz CT molecular complexity index is 617. The molecule has 0 radical (unpaired) electrons. The van der Waals surface area contributed by atoms with Crippen LogP contribution in [0.15, 0.2) is 30.6 Å². The van der Waals surface area contributed by atoms with E-state index in [0.29, 0.717) is 0 Å². The number of benzene rings is 1. The van der Waals surface area contributed by atoms with Gasteiger partial charge in [-0.3, -0.25) is 4.90 Å². The van der Waals surface area contributed by atoms with Crippen molar-refractivity contribution in [2.75, 3.05) is 18.4 Å². The van der Waals surface area contributed by atoms with Gasteiger partial charge in [0.15, 0.2) is 0 Å². The zero-order chi connectivity index (χ0) is 13.4. The summed E-state index contributed by atoms with van der Waals surface area (Å²) < 4.78 is 2.26. The summed E-state index contributed by atoms with van der Waals surface area (Å²) in [5, 5.41) is 3.52. The second kappa shape index (κ2) is 4.94. The van der Waals surface area contributed by atoms with Gasteiger partial charge in [-0.15, -0.1) is 0 Å². The molecule has 4 rings (SSSR count). The normalized spacial score (nSPS) is 18.2. The topological polar surface area (TPSA) is 33.1 Å². The summed E-state index contributed by atoms with van der Waals surface area (Å²) in [5.41, 5.74) is 4.34. The van der Waals surface area contributed by atoms with Crippen molar-refractivity contribution < 1.29 is 0 Å². The highest BCUT2D eigenvalue weighted by molar-refractivity contribution is 5.56. The Balaban J connectivity index is 1.55. The summed E-state index contributed by atoms with van der Waals surface area (Å²) in [6.07, 6.45) is 6.45.